The minimum Gasteiger partial charge on any atom is -0.496 e. The van der Waals surface area contributed by atoms with Crippen molar-refractivity contribution >= 4 is 15.9 Å². The summed E-state index contributed by atoms with van der Waals surface area (Å²) in [5.74, 6) is 1.48. The van der Waals surface area contributed by atoms with Gasteiger partial charge in [0.2, 0.25) is 0 Å². The summed E-state index contributed by atoms with van der Waals surface area (Å²) in [4.78, 5) is 0. The smallest absolute Gasteiger partial charge is 0.126 e. The van der Waals surface area contributed by atoms with Gasteiger partial charge in [-0.1, -0.05) is 22.9 Å². The van der Waals surface area contributed by atoms with E-state index in [9.17, 15) is 0 Å². The summed E-state index contributed by atoms with van der Waals surface area (Å²) in [5.41, 5.74) is 10.5. The molecule has 1 aromatic carbocycles. The first-order chi connectivity index (χ1) is 8.93. The third kappa shape index (κ3) is 3.71. The number of nitrogens with one attached hydrogen (secondary N) is 1. The van der Waals surface area contributed by atoms with E-state index in [1.807, 2.05) is 0 Å². The standard InChI is InChI=1S/C15H25BrN2O/c1-9(6-17)7-18-8-13-12(4)14(16)10(2)11(3)15(13)19-5/h9,18H,6-8,17H2,1-5H3. The molecule has 3 N–H and O–H groups in total. The predicted octanol–water partition coefficient (Wildman–Crippen LogP) is 3.07. The van der Waals surface area contributed by atoms with Gasteiger partial charge in [-0.15, -0.1) is 0 Å². The highest BCUT2D eigenvalue weighted by molar-refractivity contribution is 9.10. The predicted molar refractivity (Wildman–Crippen MR) is 84.8 cm³/mol. The van der Waals surface area contributed by atoms with Crippen LogP contribution >= 0.6 is 15.9 Å². The highest BCUT2D eigenvalue weighted by atomic mass is 79.9. The first-order valence-electron chi connectivity index (χ1n) is 6.66. The van der Waals surface area contributed by atoms with Gasteiger partial charge in [0.15, 0.2) is 0 Å². The Balaban J connectivity index is 2.99. The largest absolute Gasteiger partial charge is 0.496 e. The molecular weight excluding hydrogens is 304 g/mol. The van der Waals surface area contributed by atoms with Gasteiger partial charge in [-0.3, -0.25) is 0 Å². The quantitative estimate of drug-likeness (QED) is 0.843. The maximum absolute atomic E-state index is 5.63. The van der Waals surface area contributed by atoms with Crippen molar-refractivity contribution in [1.82, 2.24) is 5.32 Å². The van der Waals surface area contributed by atoms with Crippen molar-refractivity contribution in [3.63, 3.8) is 0 Å². The topological polar surface area (TPSA) is 47.3 Å². The van der Waals surface area contributed by atoms with Crippen molar-refractivity contribution in [3.05, 3.63) is 26.7 Å². The molecule has 0 spiro atoms. The Morgan fingerprint density at radius 3 is 2.37 bits per heavy atom. The van der Waals surface area contributed by atoms with Gasteiger partial charge in [0.05, 0.1) is 7.11 Å². The molecule has 1 unspecified atom stereocenters. The summed E-state index contributed by atoms with van der Waals surface area (Å²) in [6.07, 6.45) is 0. The lowest BCUT2D eigenvalue weighted by molar-refractivity contribution is 0.402. The summed E-state index contributed by atoms with van der Waals surface area (Å²) < 4.78 is 6.77. The molecule has 0 fully saturated rings. The lowest BCUT2D eigenvalue weighted by atomic mass is 9.98. The fraction of sp³-hybridized carbons (Fsp3) is 0.600. The third-order valence-electron chi connectivity index (χ3n) is 3.69. The molecule has 1 atom stereocenters. The monoisotopic (exact) mass is 328 g/mol. The first kappa shape index (κ1) is 16.5. The van der Waals surface area contributed by atoms with Crippen LogP contribution in [-0.4, -0.2) is 20.2 Å². The van der Waals surface area contributed by atoms with Crippen LogP contribution in [0, 0.1) is 26.7 Å². The number of rotatable bonds is 6. The number of benzene rings is 1. The summed E-state index contributed by atoms with van der Waals surface area (Å²) in [7, 11) is 1.74. The molecule has 1 aromatic rings. The molecule has 0 aliphatic heterocycles. The molecule has 0 saturated carbocycles. The minimum atomic E-state index is 0.487. The summed E-state index contributed by atoms with van der Waals surface area (Å²) in [6, 6.07) is 0. The van der Waals surface area contributed by atoms with Crippen LogP contribution in [-0.2, 0) is 6.54 Å². The Kier molecular flexibility index (Phi) is 6.30. The van der Waals surface area contributed by atoms with Gasteiger partial charge < -0.3 is 15.8 Å². The Bertz CT molecular complexity index is 447. The van der Waals surface area contributed by atoms with Gasteiger partial charge in [0.25, 0.3) is 0 Å². The van der Waals surface area contributed by atoms with Gasteiger partial charge in [0.1, 0.15) is 5.75 Å². The van der Waals surface area contributed by atoms with Crippen LogP contribution in [0.15, 0.2) is 4.47 Å². The van der Waals surface area contributed by atoms with Gasteiger partial charge in [-0.05, 0) is 56.5 Å². The molecule has 0 heterocycles. The molecule has 0 saturated heterocycles. The molecule has 0 radical (unpaired) electrons. The van der Waals surface area contributed by atoms with Crippen LogP contribution in [0.5, 0.6) is 5.75 Å². The molecule has 108 valence electrons. The number of nitrogens with two attached hydrogens (primary N) is 1. The Morgan fingerprint density at radius 2 is 1.84 bits per heavy atom. The molecule has 0 aliphatic carbocycles. The first-order valence-corrected chi connectivity index (χ1v) is 7.46. The van der Waals surface area contributed by atoms with Crippen molar-refractivity contribution in [1.29, 1.82) is 0 Å². The average Bonchev–Trinajstić information content (AvgIpc) is 2.41. The van der Waals surface area contributed by atoms with Crippen molar-refractivity contribution in [3.8, 4) is 5.75 Å². The number of methoxy groups -OCH3 is 1. The number of hydrogen-bond donors (Lipinski definition) is 2. The van der Waals surface area contributed by atoms with Crippen LogP contribution in [0.4, 0.5) is 0 Å². The zero-order chi connectivity index (χ0) is 14.6. The molecular formula is C15H25BrN2O. The van der Waals surface area contributed by atoms with E-state index in [2.05, 4.69) is 48.9 Å². The van der Waals surface area contributed by atoms with E-state index in [1.54, 1.807) is 7.11 Å². The van der Waals surface area contributed by atoms with Crippen LogP contribution in [0.25, 0.3) is 0 Å². The van der Waals surface area contributed by atoms with E-state index in [-0.39, 0.29) is 0 Å². The second-order valence-electron chi connectivity index (χ2n) is 5.17. The number of ether oxygens (including phenoxy) is 1. The van der Waals surface area contributed by atoms with Crippen molar-refractivity contribution < 1.29 is 4.74 Å². The van der Waals surface area contributed by atoms with E-state index >= 15 is 0 Å². The Hall–Kier alpha value is -0.580. The van der Waals surface area contributed by atoms with E-state index in [0.717, 1.165) is 18.8 Å². The zero-order valence-corrected chi connectivity index (χ0v) is 14.1. The molecule has 0 bridgehead atoms. The number of halogens is 1. The van der Waals surface area contributed by atoms with Crippen LogP contribution in [0.3, 0.4) is 0 Å². The van der Waals surface area contributed by atoms with Crippen molar-refractivity contribution in [2.75, 3.05) is 20.2 Å². The van der Waals surface area contributed by atoms with Crippen LogP contribution in [0.2, 0.25) is 0 Å². The zero-order valence-electron chi connectivity index (χ0n) is 12.6. The molecule has 0 amide bonds. The maximum Gasteiger partial charge on any atom is 0.126 e. The highest BCUT2D eigenvalue weighted by Crippen LogP contribution is 2.35. The summed E-state index contributed by atoms with van der Waals surface area (Å²) >= 11 is 3.68. The van der Waals surface area contributed by atoms with Gasteiger partial charge in [0, 0.05) is 16.6 Å². The highest BCUT2D eigenvalue weighted by Gasteiger charge is 2.16. The SMILES string of the molecule is COc1c(C)c(C)c(Br)c(C)c1CNCC(C)CN. The Morgan fingerprint density at radius 1 is 1.21 bits per heavy atom. The number of hydrogen-bond acceptors (Lipinski definition) is 3. The molecule has 0 aliphatic rings. The van der Waals surface area contributed by atoms with Crippen LogP contribution in [0.1, 0.15) is 29.2 Å². The van der Waals surface area contributed by atoms with E-state index in [4.69, 9.17) is 10.5 Å². The molecule has 1 rings (SSSR count). The fourth-order valence-corrected chi connectivity index (χ4v) is 2.70. The maximum atomic E-state index is 5.63. The summed E-state index contributed by atoms with van der Waals surface area (Å²) in [6.45, 7) is 10.9. The van der Waals surface area contributed by atoms with Crippen LogP contribution < -0.4 is 15.8 Å². The Labute approximate surface area is 125 Å². The van der Waals surface area contributed by atoms with Gasteiger partial charge in [-0.25, -0.2) is 0 Å². The average molecular weight is 329 g/mol. The molecule has 3 nitrogen and oxygen atoms in total. The minimum absolute atomic E-state index is 0.487. The second-order valence-corrected chi connectivity index (χ2v) is 5.97. The molecule has 4 heteroatoms. The summed E-state index contributed by atoms with van der Waals surface area (Å²) in [5, 5.41) is 3.46. The van der Waals surface area contributed by atoms with Gasteiger partial charge >= 0.3 is 0 Å². The fourth-order valence-electron chi connectivity index (χ4n) is 2.16. The van der Waals surface area contributed by atoms with E-state index in [0.29, 0.717) is 12.5 Å². The second kappa shape index (κ2) is 7.27. The third-order valence-corrected chi connectivity index (χ3v) is 4.88. The van der Waals surface area contributed by atoms with Crippen molar-refractivity contribution in [2.24, 2.45) is 11.7 Å². The lowest BCUT2D eigenvalue weighted by Crippen LogP contribution is -2.26. The molecule has 19 heavy (non-hydrogen) atoms. The van der Waals surface area contributed by atoms with E-state index in [1.165, 1.54) is 26.7 Å². The normalized spacial score (nSPS) is 12.6. The lowest BCUT2D eigenvalue weighted by Gasteiger charge is -2.20. The van der Waals surface area contributed by atoms with Crippen molar-refractivity contribution in [2.45, 2.75) is 34.2 Å². The van der Waals surface area contributed by atoms with Gasteiger partial charge in [-0.2, -0.15) is 0 Å². The molecule has 0 aromatic heterocycles. The van der Waals surface area contributed by atoms with E-state index < -0.39 is 0 Å².